The molecule has 3 aromatic rings. The van der Waals surface area contributed by atoms with Crippen molar-refractivity contribution in [3.63, 3.8) is 0 Å². The van der Waals surface area contributed by atoms with Gasteiger partial charge in [0.25, 0.3) is 5.91 Å². The average molecular weight is 451 g/mol. The van der Waals surface area contributed by atoms with Crippen LogP contribution in [0.1, 0.15) is 34.5 Å². The van der Waals surface area contributed by atoms with E-state index < -0.39 is 6.17 Å². The highest BCUT2D eigenvalue weighted by Crippen LogP contribution is 2.26. The van der Waals surface area contributed by atoms with Gasteiger partial charge in [-0.25, -0.2) is 4.39 Å². The molecule has 4 rings (SSSR count). The van der Waals surface area contributed by atoms with Gasteiger partial charge in [-0.05, 0) is 36.2 Å². The maximum Gasteiger partial charge on any atom is 0.270 e. The Morgan fingerprint density at radius 1 is 1.18 bits per heavy atom. The molecule has 0 saturated carbocycles. The molecule has 172 valence electrons. The number of hydrogen-bond acceptors (Lipinski definition) is 4. The van der Waals surface area contributed by atoms with Gasteiger partial charge < -0.3 is 26.3 Å². The Bertz CT molecular complexity index is 1220. The number of nitrogens with one attached hydrogen (secondary N) is 2. The molecule has 1 saturated heterocycles. The Labute approximate surface area is 190 Å². The lowest BCUT2D eigenvalue weighted by atomic mass is 10.1. The fourth-order valence-corrected chi connectivity index (χ4v) is 4.12. The van der Waals surface area contributed by atoms with Gasteiger partial charge in [-0.1, -0.05) is 24.3 Å². The third-order valence-electron chi connectivity index (χ3n) is 5.78. The van der Waals surface area contributed by atoms with Crippen LogP contribution in [-0.2, 0) is 11.3 Å². The number of likely N-dealkylation sites (tertiary alicyclic amines) is 1. The number of aromatic nitrogens is 1. The van der Waals surface area contributed by atoms with E-state index in [1.54, 1.807) is 24.3 Å². The second-order valence-electron chi connectivity index (χ2n) is 8.23. The normalized spacial score (nSPS) is 15.7. The van der Waals surface area contributed by atoms with Crippen LogP contribution >= 0.6 is 0 Å². The molecule has 6 N–H and O–H groups in total. The number of carbonyl (C=O) groups is 2. The SMILES string of the molecule is N=C(N)c1ccc2cc(C(=O)N3CC[C@H](F)C3)n(Cc3cccc(NC(=O)CCN)c3)c2c1. The third-order valence-corrected chi connectivity index (χ3v) is 5.78. The van der Waals surface area contributed by atoms with Crippen LogP contribution in [0.5, 0.6) is 0 Å². The first-order chi connectivity index (χ1) is 15.9. The number of halogens is 1. The lowest BCUT2D eigenvalue weighted by Gasteiger charge is -2.18. The summed E-state index contributed by atoms with van der Waals surface area (Å²) in [6, 6.07) is 14.5. The summed E-state index contributed by atoms with van der Waals surface area (Å²) in [5, 5.41) is 11.4. The van der Waals surface area contributed by atoms with E-state index in [1.807, 2.05) is 28.8 Å². The molecule has 9 heteroatoms. The Hall–Kier alpha value is -3.72. The van der Waals surface area contributed by atoms with Crippen LogP contribution in [-0.4, -0.2) is 52.9 Å². The predicted octanol–water partition coefficient (Wildman–Crippen LogP) is 2.44. The van der Waals surface area contributed by atoms with Crippen LogP contribution in [0.25, 0.3) is 10.9 Å². The summed E-state index contributed by atoms with van der Waals surface area (Å²) in [4.78, 5) is 26.7. The monoisotopic (exact) mass is 450 g/mol. The van der Waals surface area contributed by atoms with Crippen molar-refractivity contribution in [2.24, 2.45) is 11.5 Å². The molecule has 1 fully saturated rings. The van der Waals surface area contributed by atoms with E-state index in [-0.39, 0.29) is 37.2 Å². The van der Waals surface area contributed by atoms with Gasteiger partial charge in [0.05, 0.1) is 6.54 Å². The summed E-state index contributed by atoms with van der Waals surface area (Å²) in [6.45, 7) is 1.07. The number of amidine groups is 1. The zero-order valence-corrected chi connectivity index (χ0v) is 18.2. The van der Waals surface area contributed by atoms with Crippen LogP contribution in [0.2, 0.25) is 0 Å². The molecule has 1 aliphatic heterocycles. The first-order valence-corrected chi connectivity index (χ1v) is 10.9. The van der Waals surface area contributed by atoms with Crippen molar-refractivity contribution in [2.75, 3.05) is 25.0 Å². The van der Waals surface area contributed by atoms with E-state index in [9.17, 15) is 14.0 Å². The number of carbonyl (C=O) groups excluding carboxylic acids is 2. The number of rotatable bonds is 7. The van der Waals surface area contributed by atoms with Crippen molar-refractivity contribution in [1.29, 1.82) is 5.41 Å². The zero-order valence-electron chi connectivity index (χ0n) is 18.2. The highest BCUT2D eigenvalue weighted by atomic mass is 19.1. The fraction of sp³-hybridized carbons (Fsp3) is 0.292. The van der Waals surface area contributed by atoms with E-state index in [0.29, 0.717) is 36.5 Å². The summed E-state index contributed by atoms with van der Waals surface area (Å²) in [7, 11) is 0. The number of amides is 2. The van der Waals surface area contributed by atoms with Crippen LogP contribution in [0.3, 0.4) is 0 Å². The van der Waals surface area contributed by atoms with Gasteiger partial charge in [0.15, 0.2) is 0 Å². The largest absolute Gasteiger partial charge is 0.384 e. The zero-order chi connectivity index (χ0) is 23.5. The number of anilines is 1. The second kappa shape index (κ2) is 9.41. The maximum atomic E-state index is 13.8. The Morgan fingerprint density at radius 3 is 2.70 bits per heavy atom. The van der Waals surface area contributed by atoms with Gasteiger partial charge in [0, 0.05) is 48.2 Å². The van der Waals surface area contributed by atoms with Crippen molar-refractivity contribution in [3.8, 4) is 0 Å². The Kier molecular flexibility index (Phi) is 6.41. The highest BCUT2D eigenvalue weighted by Gasteiger charge is 2.29. The van der Waals surface area contributed by atoms with Gasteiger partial charge in [0.2, 0.25) is 5.91 Å². The van der Waals surface area contributed by atoms with E-state index in [4.69, 9.17) is 16.9 Å². The summed E-state index contributed by atoms with van der Waals surface area (Å²) >= 11 is 0. The minimum atomic E-state index is -1.01. The molecule has 33 heavy (non-hydrogen) atoms. The maximum absolute atomic E-state index is 13.8. The summed E-state index contributed by atoms with van der Waals surface area (Å²) in [5.41, 5.74) is 14.4. The minimum absolute atomic E-state index is 0.0676. The lowest BCUT2D eigenvalue weighted by Crippen LogP contribution is -2.30. The Morgan fingerprint density at radius 2 is 2.00 bits per heavy atom. The Balaban J connectivity index is 1.73. The molecule has 2 amide bonds. The molecule has 1 atom stereocenters. The molecule has 2 aromatic carbocycles. The van der Waals surface area contributed by atoms with Gasteiger partial charge in [-0.2, -0.15) is 0 Å². The number of nitrogen functional groups attached to an aromatic ring is 1. The number of alkyl halides is 1. The van der Waals surface area contributed by atoms with Gasteiger partial charge in [-0.15, -0.1) is 0 Å². The highest BCUT2D eigenvalue weighted by molar-refractivity contribution is 6.02. The van der Waals surface area contributed by atoms with E-state index in [1.165, 1.54) is 4.90 Å². The van der Waals surface area contributed by atoms with E-state index >= 15 is 0 Å². The number of hydrogen-bond donors (Lipinski definition) is 4. The van der Waals surface area contributed by atoms with Crippen molar-refractivity contribution in [1.82, 2.24) is 9.47 Å². The van der Waals surface area contributed by atoms with Crippen molar-refractivity contribution in [3.05, 3.63) is 65.4 Å². The standard InChI is InChI=1S/C24H27FN6O2/c25-18-7-9-30(14-18)24(33)21-11-16-4-5-17(23(27)28)12-20(16)31(21)13-15-2-1-3-19(10-15)29-22(32)6-8-26/h1-5,10-12,18H,6-9,13-14,26H2,(H3,27,28)(H,29,32)/t18-/m0/s1. The average Bonchev–Trinajstić information content (AvgIpc) is 3.37. The second-order valence-corrected chi connectivity index (χ2v) is 8.23. The van der Waals surface area contributed by atoms with Crippen LogP contribution in [0.15, 0.2) is 48.5 Å². The van der Waals surface area contributed by atoms with E-state index in [2.05, 4.69) is 5.32 Å². The molecule has 0 aliphatic carbocycles. The molecule has 0 bridgehead atoms. The third kappa shape index (κ3) is 4.88. The minimum Gasteiger partial charge on any atom is -0.384 e. The molecule has 8 nitrogen and oxygen atoms in total. The molecular weight excluding hydrogens is 423 g/mol. The molecule has 2 heterocycles. The van der Waals surface area contributed by atoms with Crippen LogP contribution in [0.4, 0.5) is 10.1 Å². The topological polar surface area (TPSA) is 130 Å². The fourth-order valence-electron chi connectivity index (χ4n) is 4.12. The first-order valence-electron chi connectivity index (χ1n) is 10.9. The smallest absolute Gasteiger partial charge is 0.270 e. The number of nitrogens with zero attached hydrogens (tertiary/aromatic N) is 2. The van der Waals surface area contributed by atoms with Gasteiger partial charge >= 0.3 is 0 Å². The molecule has 0 radical (unpaired) electrons. The summed E-state index contributed by atoms with van der Waals surface area (Å²) in [6.07, 6.45) is -0.445. The molecule has 0 unspecified atom stereocenters. The molecular formula is C24H27FN6O2. The lowest BCUT2D eigenvalue weighted by molar-refractivity contribution is -0.116. The molecule has 1 aromatic heterocycles. The van der Waals surface area contributed by atoms with Gasteiger partial charge in [0.1, 0.15) is 17.7 Å². The van der Waals surface area contributed by atoms with Crippen molar-refractivity contribution in [2.45, 2.75) is 25.6 Å². The van der Waals surface area contributed by atoms with Crippen LogP contribution in [0, 0.1) is 5.41 Å². The predicted molar refractivity (Wildman–Crippen MR) is 126 cm³/mol. The first kappa shape index (κ1) is 22.5. The summed E-state index contributed by atoms with van der Waals surface area (Å²) in [5.74, 6) is -0.470. The van der Waals surface area contributed by atoms with Crippen molar-refractivity contribution < 1.29 is 14.0 Å². The van der Waals surface area contributed by atoms with Crippen molar-refractivity contribution >= 4 is 34.2 Å². The van der Waals surface area contributed by atoms with Gasteiger partial charge in [-0.3, -0.25) is 15.0 Å². The van der Waals surface area contributed by atoms with Crippen LogP contribution < -0.4 is 16.8 Å². The molecule has 0 spiro atoms. The van der Waals surface area contributed by atoms with E-state index in [0.717, 1.165) is 16.5 Å². The number of nitrogens with two attached hydrogens (primary N) is 2. The molecule has 1 aliphatic rings. The number of fused-ring (bicyclic) bond motifs is 1. The quantitative estimate of drug-likeness (QED) is 0.325. The number of benzene rings is 2. The summed E-state index contributed by atoms with van der Waals surface area (Å²) < 4.78 is 15.6.